The molecule has 0 saturated carbocycles. The standard InChI is InChI=1S/C15H22ClN/c1-11-9-17(15(2,3)4)10-14(11)12-5-7-13(16)8-6-12/h5-8,11,14H,9-10H2,1-4H3/t11?,14-/m1/s1. The van der Waals surface area contributed by atoms with Gasteiger partial charge in [-0.1, -0.05) is 30.7 Å². The molecule has 2 atom stereocenters. The fourth-order valence-electron chi connectivity index (χ4n) is 2.66. The van der Waals surface area contributed by atoms with Crippen molar-refractivity contribution in [1.82, 2.24) is 4.90 Å². The lowest BCUT2D eigenvalue weighted by atomic mass is 9.90. The van der Waals surface area contributed by atoms with Crippen molar-refractivity contribution < 1.29 is 0 Å². The third-order valence-corrected chi connectivity index (χ3v) is 4.11. The van der Waals surface area contributed by atoms with E-state index < -0.39 is 0 Å². The molecule has 1 saturated heterocycles. The molecule has 17 heavy (non-hydrogen) atoms. The van der Waals surface area contributed by atoms with Gasteiger partial charge in [0.1, 0.15) is 0 Å². The Morgan fingerprint density at radius 2 is 1.71 bits per heavy atom. The van der Waals surface area contributed by atoms with Crippen LogP contribution in [-0.2, 0) is 0 Å². The summed E-state index contributed by atoms with van der Waals surface area (Å²) in [5.41, 5.74) is 1.70. The first-order chi connectivity index (χ1) is 7.88. The molecule has 0 N–H and O–H groups in total. The van der Waals surface area contributed by atoms with Gasteiger partial charge in [0.05, 0.1) is 0 Å². The van der Waals surface area contributed by atoms with Gasteiger partial charge >= 0.3 is 0 Å². The van der Waals surface area contributed by atoms with Crippen molar-refractivity contribution in [3.8, 4) is 0 Å². The number of halogens is 1. The molecule has 1 aromatic carbocycles. The first kappa shape index (κ1) is 12.9. The highest BCUT2D eigenvalue weighted by molar-refractivity contribution is 6.30. The van der Waals surface area contributed by atoms with Crippen LogP contribution in [0.15, 0.2) is 24.3 Å². The fraction of sp³-hybridized carbons (Fsp3) is 0.600. The number of nitrogens with zero attached hydrogens (tertiary/aromatic N) is 1. The minimum absolute atomic E-state index is 0.273. The van der Waals surface area contributed by atoms with Crippen LogP contribution in [0.25, 0.3) is 0 Å². The van der Waals surface area contributed by atoms with Gasteiger partial charge in [-0.05, 0) is 44.4 Å². The Hall–Kier alpha value is -0.530. The molecule has 1 heterocycles. The quantitative estimate of drug-likeness (QED) is 0.724. The van der Waals surface area contributed by atoms with Crippen molar-refractivity contribution in [2.24, 2.45) is 5.92 Å². The van der Waals surface area contributed by atoms with Crippen LogP contribution in [0.4, 0.5) is 0 Å². The highest BCUT2D eigenvalue weighted by atomic mass is 35.5. The van der Waals surface area contributed by atoms with Gasteiger partial charge in [0.25, 0.3) is 0 Å². The second-order valence-electron chi connectivity index (χ2n) is 6.21. The average molecular weight is 252 g/mol. The Balaban J connectivity index is 2.16. The predicted octanol–water partition coefficient (Wildman–Crippen LogP) is 4.17. The summed E-state index contributed by atoms with van der Waals surface area (Å²) < 4.78 is 0. The molecule has 1 unspecified atom stereocenters. The molecule has 2 rings (SSSR count). The summed E-state index contributed by atoms with van der Waals surface area (Å²) in [5, 5.41) is 0.826. The molecule has 94 valence electrons. The molecule has 2 heteroatoms. The first-order valence-corrected chi connectivity index (χ1v) is 6.76. The van der Waals surface area contributed by atoms with Crippen LogP contribution >= 0.6 is 11.6 Å². The first-order valence-electron chi connectivity index (χ1n) is 6.38. The minimum atomic E-state index is 0.273. The highest BCUT2D eigenvalue weighted by Gasteiger charge is 2.35. The Kier molecular flexibility index (Phi) is 3.51. The van der Waals surface area contributed by atoms with Crippen LogP contribution in [0.1, 0.15) is 39.2 Å². The smallest absolute Gasteiger partial charge is 0.0406 e. The molecule has 1 fully saturated rings. The molecular formula is C15H22ClN. The molecule has 0 aliphatic carbocycles. The molecule has 0 amide bonds. The summed E-state index contributed by atoms with van der Waals surface area (Å²) in [6.45, 7) is 11.6. The lowest BCUT2D eigenvalue weighted by molar-refractivity contribution is 0.168. The maximum absolute atomic E-state index is 5.95. The summed E-state index contributed by atoms with van der Waals surface area (Å²) in [5.74, 6) is 1.36. The van der Waals surface area contributed by atoms with Crippen molar-refractivity contribution in [3.05, 3.63) is 34.9 Å². The van der Waals surface area contributed by atoms with Crippen molar-refractivity contribution in [2.75, 3.05) is 13.1 Å². The lowest BCUT2D eigenvalue weighted by Crippen LogP contribution is -2.39. The third kappa shape index (κ3) is 2.83. The molecule has 0 aromatic heterocycles. The van der Waals surface area contributed by atoms with Crippen molar-refractivity contribution in [3.63, 3.8) is 0 Å². The molecule has 0 spiro atoms. The maximum atomic E-state index is 5.95. The maximum Gasteiger partial charge on any atom is 0.0406 e. The molecule has 1 aliphatic rings. The second-order valence-corrected chi connectivity index (χ2v) is 6.65. The fourth-order valence-corrected chi connectivity index (χ4v) is 2.78. The Morgan fingerprint density at radius 1 is 1.12 bits per heavy atom. The van der Waals surface area contributed by atoms with Gasteiger partial charge in [0.2, 0.25) is 0 Å². The lowest BCUT2D eigenvalue weighted by Gasteiger charge is -2.31. The van der Waals surface area contributed by atoms with Gasteiger partial charge in [-0.15, -0.1) is 0 Å². The predicted molar refractivity (Wildman–Crippen MR) is 74.7 cm³/mol. The van der Waals surface area contributed by atoms with E-state index in [2.05, 4.69) is 44.7 Å². The number of rotatable bonds is 1. The van der Waals surface area contributed by atoms with E-state index in [1.807, 2.05) is 12.1 Å². The van der Waals surface area contributed by atoms with Gasteiger partial charge in [0, 0.05) is 29.6 Å². The van der Waals surface area contributed by atoms with Crippen LogP contribution in [0.2, 0.25) is 5.02 Å². The SMILES string of the molecule is CC1CN(C(C)(C)C)C[C@H]1c1ccc(Cl)cc1. The zero-order chi connectivity index (χ0) is 12.6. The monoisotopic (exact) mass is 251 g/mol. The van der Waals surface area contributed by atoms with E-state index in [1.54, 1.807) is 0 Å². The van der Waals surface area contributed by atoms with E-state index in [0.717, 1.165) is 17.5 Å². The third-order valence-electron chi connectivity index (χ3n) is 3.86. The van der Waals surface area contributed by atoms with Crippen LogP contribution < -0.4 is 0 Å². The summed E-state index contributed by atoms with van der Waals surface area (Å²) in [6.07, 6.45) is 0. The van der Waals surface area contributed by atoms with Crippen molar-refractivity contribution >= 4 is 11.6 Å². The summed E-state index contributed by atoms with van der Waals surface area (Å²) >= 11 is 5.95. The van der Waals surface area contributed by atoms with Gasteiger partial charge in [0.15, 0.2) is 0 Å². The van der Waals surface area contributed by atoms with Gasteiger partial charge in [-0.3, -0.25) is 4.90 Å². The normalized spacial score (nSPS) is 26.4. The Morgan fingerprint density at radius 3 is 2.18 bits per heavy atom. The van der Waals surface area contributed by atoms with Crippen LogP contribution in [0.5, 0.6) is 0 Å². The number of hydrogen-bond acceptors (Lipinski definition) is 1. The Labute approximate surface area is 110 Å². The van der Waals surface area contributed by atoms with Crippen molar-refractivity contribution in [2.45, 2.75) is 39.2 Å². The van der Waals surface area contributed by atoms with E-state index in [-0.39, 0.29) is 5.54 Å². The van der Waals surface area contributed by atoms with Crippen LogP contribution in [-0.4, -0.2) is 23.5 Å². The van der Waals surface area contributed by atoms with E-state index in [1.165, 1.54) is 12.1 Å². The molecule has 1 nitrogen and oxygen atoms in total. The van der Waals surface area contributed by atoms with Crippen molar-refractivity contribution in [1.29, 1.82) is 0 Å². The number of benzene rings is 1. The van der Waals surface area contributed by atoms with Crippen LogP contribution in [0.3, 0.4) is 0 Å². The number of hydrogen-bond donors (Lipinski definition) is 0. The molecular weight excluding hydrogens is 230 g/mol. The molecule has 1 aliphatic heterocycles. The zero-order valence-electron chi connectivity index (χ0n) is 11.2. The number of likely N-dealkylation sites (tertiary alicyclic amines) is 1. The minimum Gasteiger partial charge on any atom is -0.298 e. The largest absolute Gasteiger partial charge is 0.298 e. The summed E-state index contributed by atoms with van der Waals surface area (Å²) in [6, 6.07) is 8.36. The van der Waals surface area contributed by atoms with Gasteiger partial charge in [-0.2, -0.15) is 0 Å². The average Bonchev–Trinajstić information content (AvgIpc) is 2.61. The van der Waals surface area contributed by atoms with E-state index in [4.69, 9.17) is 11.6 Å². The Bertz CT molecular complexity index is 377. The second kappa shape index (κ2) is 4.62. The topological polar surface area (TPSA) is 3.24 Å². The zero-order valence-corrected chi connectivity index (χ0v) is 12.0. The molecule has 0 radical (unpaired) electrons. The summed E-state index contributed by atoms with van der Waals surface area (Å²) in [7, 11) is 0. The van der Waals surface area contributed by atoms with Crippen LogP contribution in [0, 0.1) is 5.92 Å². The highest BCUT2D eigenvalue weighted by Crippen LogP contribution is 2.36. The molecule has 1 aromatic rings. The van der Waals surface area contributed by atoms with Gasteiger partial charge < -0.3 is 0 Å². The van der Waals surface area contributed by atoms with Gasteiger partial charge in [-0.25, -0.2) is 0 Å². The van der Waals surface area contributed by atoms with E-state index in [0.29, 0.717) is 5.92 Å². The van der Waals surface area contributed by atoms with E-state index in [9.17, 15) is 0 Å². The van der Waals surface area contributed by atoms with E-state index >= 15 is 0 Å². The summed E-state index contributed by atoms with van der Waals surface area (Å²) in [4.78, 5) is 2.58. The molecule has 0 bridgehead atoms.